The van der Waals surface area contributed by atoms with E-state index in [-0.39, 0.29) is 42.5 Å². The average Bonchev–Trinajstić information content (AvgIpc) is 3.25. The fourth-order valence-electron chi connectivity index (χ4n) is 3.56. The van der Waals surface area contributed by atoms with Gasteiger partial charge < -0.3 is 5.32 Å². The van der Waals surface area contributed by atoms with Crippen LogP contribution in [0.25, 0.3) is 11.3 Å². The number of nitrogens with zero attached hydrogens (tertiary/aromatic N) is 2. The molecule has 138 valence electrons. The molecule has 0 spiro atoms. The molecule has 0 bridgehead atoms. The Morgan fingerprint density at radius 1 is 1.11 bits per heavy atom. The summed E-state index contributed by atoms with van der Waals surface area (Å²) in [5.41, 5.74) is 1.79. The maximum absolute atomic E-state index is 12.4. The highest BCUT2D eigenvalue weighted by atomic mass is 32.1. The van der Waals surface area contributed by atoms with Crippen LogP contribution >= 0.6 is 11.3 Å². The Hall–Kier alpha value is -2.80. The number of thiazole rings is 1. The highest BCUT2D eigenvalue weighted by Crippen LogP contribution is 2.35. The Kier molecular flexibility index (Phi) is 4.85. The molecule has 7 heteroatoms. The van der Waals surface area contributed by atoms with Crippen LogP contribution in [0.5, 0.6) is 0 Å². The molecule has 6 nitrogen and oxygen atoms in total. The molecule has 0 radical (unpaired) electrons. The van der Waals surface area contributed by atoms with Crippen LogP contribution in [-0.2, 0) is 14.4 Å². The maximum Gasteiger partial charge on any atom is 0.233 e. The molecule has 2 aromatic rings. The van der Waals surface area contributed by atoms with Crippen molar-refractivity contribution in [2.45, 2.75) is 19.3 Å². The molecule has 3 amide bonds. The summed E-state index contributed by atoms with van der Waals surface area (Å²) in [6.07, 6.45) is 5.20. The zero-order chi connectivity index (χ0) is 18.8. The van der Waals surface area contributed by atoms with Gasteiger partial charge in [-0.1, -0.05) is 42.5 Å². The predicted molar refractivity (Wildman–Crippen MR) is 103 cm³/mol. The van der Waals surface area contributed by atoms with Gasteiger partial charge in [0.1, 0.15) is 0 Å². The average molecular weight is 381 g/mol. The number of imide groups is 1. The number of hydrogen-bond donors (Lipinski definition) is 1. The molecule has 1 aromatic carbocycles. The third-order valence-electron chi connectivity index (χ3n) is 4.98. The van der Waals surface area contributed by atoms with Gasteiger partial charge in [-0.05, 0) is 12.8 Å². The zero-order valence-corrected chi connectivity index (χ0v) is 15.4. The van der Waals surface area contributed by atoms with Crippen molar-refractivity contribution in [1.82, 2.24) is 9.88 Å². The molecule has 1 saturated heterocycles. The fraction of sp³-hybridized carbons (Fsp3) is 0.300. The maximum atomic E-state index is 12.4. The minimum absolute atomic E-state index is 0.0740. The number of amides is 3. The second-order valence-electron chi connectivity index (χ2n) is 6.69. The van der Waals surface area contributed by atoms with E-state index in [2.05, 4.69) is 10.3 Å². The lowest BCUT2D eigenvalue weighted by molar-refractivity contribution is -0.140. The van der Waals surface area contributed by atoms with Crippen molar-refractivity contribution in [3.63, 3.8) is 0 Å². The number of nitrogens with one attached hydrogen (secondary N) is 1. The van der Waals surface area contributed by atoms with Gasteiger partial charge in [0.15, 0.2) is 5.13 Å². The molecule has 0 unspecified atom stereocenters. The number of rotatable bonds is 5. The van der Waals surface area contributed by atoms with Gasteiger partial charge in [-0.3, -0.25) is 19.3 Å². The summed E-state index contributed by atoms with van der Waals surface area (Å²) in [6.45, 7) is 0.118. The lowest BCUT2D eigenvalue weighted by atomic mass is 9.85. The van der Waals surface area contributed by atoms with E-state index in [0.717, 1.165) is 11.3 Å². The van der Waals surface area contributed by atoms with E-state index in [1.54, 1.807) is 0 Å². The molecule has 1 aliphatic heterocycles. The first kappa shape index (κ1) is 17.6. The number of benzene rings is 1. The number of likely N-dealkylation sites (tertiary alicyclic amines) is 1. The fourth-order valence-corrected chi connectivity index (χ4v) is 4.29. The third-order valence-corrected chi connectivity index (χ3v) is 5.74. The molecule has 1 aliphatic carbocycles. The van der Waals surface area contributed by atoms with Crippen molar-refractivity contribution in [1.29, 1.82) is 0 Å². The molecule has 2 heterocycles. The van der Waals surface area contributed by atoms with E-state index < -0.39 is 0 Å². The summed E-state index contributed by atoms with van der Waals surface area (Å²) < 4.78 is 0. The van der Waals surface area contributed by atoms with Crippen molar-refractivity contribution < 1.29 is 14.4 Å². The van der Waals surface area contributed by atoms with Crippen molar-refractivity contribution in [2.24, 2.45) is 11.8 Å². The summed E-state index contributed by atoms with van der Waals surface area (Å²) in [4.78, 5) is 42.7. The number of allylic oxidation sites excluding steroid dienone is 2. The second kappa shape index (κ2) is 7.44. The SMILES string of the molecule is O=C(CCN1C(=O)[C@H]2CC=CC[C@@H]2C1=O)Nc1nc(-c2ccccc2)cs1. The van der Waals surface area contributed by atoms with Gasteiger partial charge in [0.25, 0.3) is 0 Å². The Morgan fingerprint density at radius 2 is 1.78 bits per heavy atom. The molecule has 2 atom stereocenters. The number of aromatic nitrogens is 1. The highest BCUT2D eigenvalue weighted by molar-refractivity contribution is 7.14. The van der Waals surface area contributed by atoms with E-state index in [4.69, 9.17) is 0 Å². The van der Waals surface area contributed by atoms with Crippen LogP contribution in [0.15, 0.2) is 47.9 Å². The zero-order valence-electron chi connectivity index (χ0n) is 14.6. The Balaban J connectivity index is 1.33. The van der Waals surface area contributed by atoms with Gasteiger partial charge in [-0.15, -0.1) is 11.3 Å². The van der Waals surface area contributed by atoms with Crippen LogP contribution in [-0.4, -0.2) is 34.2 Å². The Labute approximate surface area is 160 Å². The summed E-state index contributed by atoms with van der Waals surface area (Å²) in [6, 6.07) is 9.72. The Bertz CT molecular complexity index is 880. The molecule has 1 aromatic heterocycles. The smallest absolute Gasteiger partial charge is 0.233 e. The molecule has 2 aliphatic rings. The molecule has 1 fully saturated rings. The summed E-state index contributed by atoms with van der Waals surface area (Å²) >= 11 is 1.35. The van der Waals surface area contributed by atoms with E-state index in [0.29, 0.717) is 18.0 Å². The minimum atomic E-state index is -0.252. The second-order valence-corrected chi connectivity index (χ2v) is 7.54. The molecule has 27 heavy (non-hydrogen) atoms. The molecule has 4 rings (SSSR count). The van der Waals surface area contributed by atoms with Crippen LogP contribution in [0.2, 0.25) is 0 Å². The topological polar surface area (TPSA) is 79.4 Å². The lowest BCUT2D eigenvalue weighted by Gasteiger charge is -2.14. The van der Waals surface area contributed by atoms with Crippen LogP contribution in [0.1, 0.15) is 19.3 Å². The van der Waals surface area contributed by atoms with Crippen LogP contribution in [0.3, 0.4) is 0 Å². The van der Waals surface area contributed by atoms with E-state index in [1.165, 1.54) is 16.2 Å². The summed E-state index contributed by atoms with van der Waals surface area (Å²) in [5.74, 6) is -1.06. The number of hydrogen-bond acceptors (Lipinski definition) is 5. The van der Waals surface area contributed by atoms with Crippen molar-refractivity contribution in [2.75, 3.05) is 11.9 Å². The van der Waals surface area contributed by atoms with Crippen molar-refractivity contribution in [3.05, 3.63) is 47.9 Å². The number of anilines is 1. The number of carbonyl (C=O) groups excluding carboxylic acids is 3. The Morgan fingerprint density at radius 3 is 2.44 bits per heavy atom. The van der Waals surface area contributed by atoms with Crippen LogP contribution in [0, 0.1) is 11.8 Å². The largest absolute Gasteiger partial charge is 0.302 e. The molecular weight excluding hydrogens is 362 g/mol. The van der Waals surface area contributed by atoms with Gasteiger partial charge in [-0.2, -0.15) is 0 Å². The van der Waals surface area contributed by atoms with E-state index in [9.17, 15) is 14.4 Å². The third kappa shape index (κ3) is 3.55. The van der Waals surface area contributed by atoms with Gasteiger partial charge in [0.2, 0.25) is 17.7 Å². The van der Waals surface area contributed by atoms with Gasteiger partial charge in [0.05, 0.1) is 17.5 Å². The quantitative estimate of drug-likeness (QED) is 0.638. The first-order valence-electron chi connectivity index (χ1n) is 8.94. The van der Waals surface area contributed by atoms with Gasteiger partial charge in [-0.25, -0.2) is 4.98 Å². The van der Waals surface area contributed by atoms with E-state index >= 15 is 0 Å². The van der Waals surface area contributed by atoms with Crippen LogP contribution < -0.4 is 5.32 Å². The first-order valence-corrected chi connectivity index (χ1v) is 9.82. The van der Waals surface area contributed by atoms with Crippen molar-refractivity contribution >= 4 is 34.2 Å². The lowest BCUT2D eigenvalue weighted by Crippen LogP contribution is -2.34. The highest BCUT2D eigenvalue weighted by Gasteiger charge is 2.46. The van der Waals surface area contributed by atoms with E-state index in [1.807, 2.05) is 47.9 Å². The summed E-state index contributed by atoms with van der Waals surface area (Å²) in [7, 11) is 0. The number of carbonyl (C=O) groups is 3. The standard InChI is InChI=1S/C20H19N3O3S/c24-17(22-20-21-16(12-27-20)13-6-2-1-3-7-13)10-11-23-18(25)14-8-4-5-9-15(14)19(23)26/h1-7,12,14-15H,8-11H2,(H,21,22,24)/t14-,15-/m0/s1. The molecule has 1 N–H and O–H groups in total. The molecular formula is C20H19N3O3S. The number of fused-ring (bicyclic) bond motifs is 1. The first-order chi connectivity index (χ1) is 13.1. The summed E-state index contributed by atoms with van der Waals surface area (Å²) in [5, 5.41) is 5.15. The van der Waals surface area contributed by atoms with Gasteiger partial charge >= 0.3 is 0 Å². The van der Waals surface area contributed by atoms with Crippen molar-refractivity contribution in [3.8, 4) is 11.3 Å². The normalized spacial score (nSPS) is 21.4. The monoisotopic (exact) mass is 381 g/mol. The van der Waals surface area contributed by atoms with Gasteiger partial charge in [0, 0.05) is 23.9 Å². The minimum Gasteiger partial charge on any atom is -0.302 e. The molecule has 0 saturated carbocycles. The predicted octanol–water partition coefficient (Wildman–Crippen LogP) is 3.09. The van der Waals surface area contributed by atoms with Crippen LogP contribution in [0.4, 0.5) is 5.13 Å².